The van der Waals surface area contributed by atoms with Crippen LogP contribution in [0.4, 0.5) is 4.79 Å². The number of fused-ring (bicyclic) bond motifs is 4. The second kappa shape index (κ2) is 7.01. The molecule has 0 spiro atoms. The summed E-state index contributed by atoms with van der Waals surface area (Å²) in [6.07, 6.45) is 4.15. The van der Waals surface area contributed by atoms with Crippen molar-refractivity contribution in [2.75, 3.05) is 19.6 Å². The number of carbonyl (C=O) groups excluding carboxylic acids is 1. The number of piperidine rings is 3. The molecular formula is C23H26N2O2. The van der Waals surface area contributed by atoms with Crippen LogP contribution in [0.1, 0.15) is 42.0 Å². The molecule has 4 aliphatic rings. The van der Waals surface area contributed by atoms with E-state index < -0.39 is 0 Å². The van der Waals surface area contributed by atoms with Crippen molar-refractivity contribution in [1.29, 1.82) is 0 Å². The van der Waals surface area contributed by atoms with Crippen molar-refractivity contribution in [3.8, 4) is 0 Å². The quantitative estimate of drug-likeness (QED) is 0.802. The summed E-state index contributed by atoms with van der Waals surface area (Å²) in [5, 5.41) is 0. The first-order chi connectivity index (χ1) is 13.3. The number of ether oxygens (including phenoxy) is 1. The van der Waals surface area contributed by atoms with Gasteiger partial charge in [-0.3, -0.25) is 9.80 Å². The third-order valence-electron chi connectivity index (χ3n) is 6.46. The summed E-state index contributed by atoms with van der Waals surface area (Å²) in [5.41, 5.74) is 3.69. The maximum atomic E-state index is 13.2. The van der Waals surface area contributed by atoms with Gasteiger partial charge in [0.05, 0.1) is 6.04 Å². The molecule has 0 saturated carbocycles. The number of amides is 1. The van der Waals surface area contributed by atoms with Crippen LogP contribution in [-0.2, 0) is 11.2 Å². The number of hydrogen-bond donors (Lipinski definition) is 0. The first kappa shape index (κ1) is 16.8. The highest BCUT2D eigenvalue weighted by Gasteiger charge is 2.39. The lowest BCUT2D eigenvalue weighted by atomic mass is 9.87. The van der Waals surface area contributed by atoms with E-state index in [2.05, 4.69) is 41.3 Å². The van der Waals surface area contributed by atoms with Gasteiger partial charge in [0.2, 0.25) is 0 Å². The molecule has 0 radical (unpaired) electrons. The molecule has 1 unspecified atom stereocenters. The third kappa shape index (κ3) is 3.12. The summed E-state index contributed by atoms with van der Waals surface area (Å²) in [5.74, 6) is 0.722. The zero-order chi connectivity index (χ0) is 18.2. The fourth-order valence-corrected chi connectivity index (χ4v) is 4.98. The van der Waals surface area contributed by atoms with Crippen LogP contribution in [-0.4, -0.2) is 41.8 Å². The highest BCUT2D eigenvalue weighted by Crippen LogP contribution is 2.37. The van der Waals surface area contributed by atoms with E-state index in [9.17, 15) is 4.79 Å². The van der Waals surface area contributed by atoms with E-state index >= 15 is 0 Å². The van der Waals surface area contributed by atoms with Crippen LogP contribution in [0.2, 0.25) is 0 Å². The molecule has 2 atom stereocenters. The fourth-order valence-electron chi connectivity index (χ4n) is 4.98. The second-order valence-electron chi connectivity index (χ2n) is 8.01. The largest absolute Gasteiger partial charge is 0.430 e. The fraction of sp³-hybridized carbons (Fsp3) is 0.435. The highest BCUT2D eigenvalue weighted by atomic mass is 16.6. The molecule has 6 rings (SSSR count). The highest BCUT2D eigenvalue weighted by molar-refractivity contribution is 5.70. The van der Waals surface area contributed by atoms with Gasteiger partial charge in [-0.15, -0.1) is 0 Å². The van der Waals surface area contributed by atoms with Crippen LogP contribution < -0.4 is 0 Å². The standard InChI is InChI=1S/C23H26N2O2/c26-23(27-21-16-17-10-13-24(21)14-11-17)25-15-12-18-6-4-5-9-20(18)22(25)19-7-2-1-3-8-19/h1-9,17,21-22H,10-16H2/t21?,22-/m0/s1. The van der Waals surface area contributed by atoms with Crippen molar-refractivity contribution >= 4 is 6.09 Å². The zero-order valence-corrected chi connectivity index (χ0v) is 15.6. The molecule has 0 N–H and O–H groups in total. The lowest BCUT2D eigenvalue weighted by molar-refractivity contribution is -0.0928. The van der Waals surface area contributed by atoms with E-state index in [0.29, 0.717) is 6.54 Å². The molecule has 4 aliphatic heterocycles. The molecular weight excluding hydrogens is 336 g/mol. The monoisotopic (exact) mass is 362 g/mol. The number of nitrogens with zero attached hydrogens (tertiary/aromatic N) is 2. The Morgan fingerprint density at radius 2 is 1.67 bits per heavy atom. The van der Waals surface area contributed by atoms with Crippen LogP contribution in [0, 0.1) is 5.92 Å². The van der Waals surface area contributed by atoms with Crippen molar-refractivity contribution in [3.05, 3.63) is 71.3 Å². The minimum atomic E-state index is -0.170. The number of carbonyl (C=O) groups is 1. The van der Waals surface area contributed by atoms with Crippen molar-refractivity contribution in [2.24, 2.45) is 5.92 Å². The average Bonchev–Trinajstić information content (AvgIpc) is 2.74. The van der Waals surface area contributed by atoms with Gasteiger partial charge in [0.1, 0.15) is 0 Å². The molecule has 2 aromatic rings. The topological polar surface area (TPSA) is 32.8 Å². The van der Waals surface area contributed by atoms with Crippen LogP contribution >= 0.6 is 0 Å². The van der Waals surface area contributed by atoms with Crippen molar-refractivity contribution in [2.45, 2.75) is 38.0 Å². The van der Waals surface area contributed by atoms with Crippen LogP contribution in [0.15, 0.2) is 54.6 Å². The van der Waals surface area contributed by atoms with Gasteiger partial charge in [0, 0.05) is 26.1 Å². The van der Waals surface area contributed by atoms with E-state index in [-0.39, 0.29) is 18.4 Å². The summed E-state index contributed by atoms with van der Waals surface area (Å²) >= 11 is 0. The Bertz CT molecular complexity index is 814. The van der Waals surface area contributed by atoms with Crippen LogP contribution in [0.5, 0.6) is 0 Å². The summed E-state index contributed by atoms with van der Waals surface area (Å²) < 4.78 is 6.04. The molecule has 2 aromatic carbocycles. The maximum Gasteiger partial charge on any atom is 0.412 e. The Hall–Kier alpha value is -2.33. The summed E-state index contributed by atoms with van der Waals surface area (Å²) in [7, 11) is 0. The van der Waals surface area contributed by atoms with Crippen molar-refractivity contribution in [3.63, 3.8) is 0 Å². The SMILES string of the molecule is O=C(OC1CC2CCN1CC2)N1CCc2ccccc2[C@@H]1c1ccccc1. The minimum absolute atomic E-state index is 0.0430. The van der Waals surface area contributed by atoms with Crippen molar-refractivity contribution < 1.29 is 9.53 Å². The molecule has 1 amide bonds. The molecule has 4 heterocycles. The molecule has 27 heavy (non-hydrogen) atoms. The Kier molecular flexibility index (Phi) is 4.36. The number of rotatable bonds is 2. The molecule has 4 heteroatoms. The summed E-state index contributed by atoms with van der Waals surface area (Å²) in [4.78, 5) is 17.5. The normalized spacial score (nSPS) is 29.3. The van der Waals surface area contributed by atoms with Gasteiger partial charge >= 0.3 is 6.09 Å². The summed E-state index contributed by atoms with van der Waals surface area (Å²) in [6, 6.07) is 18.7. The van der Waals surface area contributed by atoms with Gasteiger partial charge in [-0.1, -0.05) is 54.6 Å². The van der Waals surface area contributed by atoms with E-state index in [1.165, 1.54) is 24.0 Å². The molecule has 2 bridgehead atoms. The van der Waals surface area contributed by atoms with E-state index in [0.717, 1.165) is 37.4 Å². The molecule has 3 saturated heterocycles. The average molecular weight is 362 g/mol. The van der Waals surface area contributed by atoms with Gasteiger partial charge in [-0.25, -0.2) is 4.79 Å². The molecule has 4 nitrogen and oxygen atoms in total. The van der Waals surface area contributed by atoms with Gasteiger partial charge < -0.3 is 4.74 Å². The van der Waals surface area contributed by atoms with Gasteiger partial charge in [-0.2, -0.15) is 0 Å². The zero-order valence-electron chi connectivity index (χ0n) is 15.6. The number of benzene rings is 2. The second-order valence-corrected chi connectivity index (χ2v) is 8.01. The lowest BCUT2D eigenvalue weighted by Gasteiger charge is -2.45. The Balaban J connectivity index is 1.43. The molecule has 0 aromatic heterocycles. The van der Waals surface area contributed by atoms with E-state index in [1.807, 2.05) is 23.1 Å². The maximum absolute atomic E-state index is 13.2. The minimum Gasteiger partial charge on any atom is -0.430 e. The van der Waals surface area contributed by atoms with Crippen LogP contribution in [0.3, 0.4) is 0 Å². The smallest absolute Gasteiger partial charge is 0.412 e. The predicted octanol–water partition coefficient (Wildman–Crippen LogP) is 4.21. The summed E-state index contributed by atoms with van der Waals surface area (Å²) in [6.45, 7) is 2.83. The number of hydrogen-bond acceptors (Lipinski definition) is 3. The molecule has 140 valence electrons. The van der Waals surface area contributed by atoms with Gasteiger partial charge in [-0.05, 0) is 41.9 Å². The molecule has 3 fully saturated rings. The first-order valence-electron chi connectivity index (χ1n) is 10.1. The predicted molar refractivity (Wildman–Crippen MR) is 104 cm³/mol. The van der Waals surface area contributed by atoms with Crippen molar-refractivity contribution in [1.82, 2.24) is 9.80 Å². The third-order valence-corrected chi connectivity index (χ3v) is 6.46. The first-order valence-corrected chi connectivity index (χ1v) is 10.1. The van der Waals surface area contributed by atoms with E-state index in [4.69, 9.17) is 4.74 Å². The Labute approximate surface area is 160 Å². The van der Waals surface area contributed by atoms with E-state index in [1.54, 1.807) is 0 Å². The Morgan fingerprint density at radius 3 is 2.41 bits per heavy atom. The van der Waals surface area contributed by atoms with Gasteiger partial charge in [0.25, 0.3) is 0 Å². The Morgan fingerprint density at radius 1 is 0.926 bits per heavy atom. The molecule has 0 aliphatic carbocycles. The van der Waals surface area contributed by atoms with Crippen LogP contribution in [0.25, 0.3) is 0 Å². The lowest BCUT2D eigenvalue weighted by Crippen LogP contribution is -2.52. The van der Waals surface area contributed by atoms with Gasteiger partial charge in [0.15, 0.2) is 6.23 Å².